The standard InChI is InChI=1S/C12H13NO/c1-3-4-5-6-12(14)11-7-10(2)8-13-9-11/h7-9H,5-6H2,1-2H3. The second-order valence-electron chi connectivity index (χ2n) is 3.10. The van der Waals surface area contributed by atoms with Crippen LogP contribution >= 0.6 is 0 Å². The summed E-state index contributed by atoms with van der Waals surface area (Å²) in [4.78, 5) is 15.5. The van der Waals surface area contributed by atoms with Crippen molar-refractivity contribution in [3.05, 3.63) is 29.6 Å². The van der Waals surface area contributed by atoms with E-state index < -0.39 is 0 Å². The maximum absolute atomic E-state index is 11.6. The smallest absolute Gasteiger partial charge is 0.165 e. The lowest BCUT2D eigenvalue weighted by Gasteiger charge is -1.98. The summed E-state index contributed by atoms with van der Waals surface area (Å²) in [5, 5.41) is 0. The highest BCUT2D eigenvalue weighted by Crippen LogP contribution is 2.05. The number of Topliss-reactive ketones (excluding diaryl/α,β-unsaturated/α-hetero) is 1. The molecule has 0 saturated carbocycles. The summed E-state index contributed by atoms with van der Waals surface area (Å²) in [6.45, 7) is 3.70. The molecule has 1 aromatic rings. The van der Waals surface area contributed by atoms with Gasteiger partial charge in [0.05, 0.1) is 0 Å². The zero-order chi connectivity index (χ0) is 10.4. The summed E-state index contributed by atoms with van der Waals surface area (Å²) < 4.78 is 0. The van der Waals surface area contributed by atoms with Crippen molar-refractivity contribution in [2.75, 3.05) is 0 Å². The zero-order valence-electron chi connectivity index (χ0n) is 8.50. The fourth-order valence-corrected chi connectivity index (χ4v) is 1.15. The van der Waals surface area contributed by atoms with Crippen molar-refractivity contribution in [1.82, 2.24) is 4.98 Å². The van der Waals surface area contributed by atoms with Gasteiger partial charge in [0.1, 0.15) is 0 Å². The minimum atomic E-state index is 0.115. The molecular weight excluding hydrogens is 174 g/mol. The molecule has 1 rings (SSSR count). The zero-order valence-corrected chi connectivity index (χ0v) is 8.50. The van der Waals surface area contributed by atoms with Gasteiger partial charge in [0.25, 0.3) is 0 Å². The Morgan fingerprint density at radius 1 is 1.50 bits per heavy atom. The summed E-state index contributed by atoms with van der Waals surface area (Å²) in [5.74, 6) is 5.76. The van der Waals surface area contributed by atoms with Gasteiger partial charge in [-0.1, -0.05) is 0 Å². The first-order chi connectivity index (χ1) is 6.74. The van der Waals surface area contributed by atoms with Crippen molar-refractivity contribution in [3.63, 3.8) is 0 Å². The fourth-order valence-electron chi connectivity index (χ4n) is 1.15. The number of aryl methyl sites for hydroxylation is 1. The van der Waals surface area contributed by atoms with Gasteiger partial charge in [-0.05, 0) is 25.5 Å². The third-order valence-corrected chi connectivity index (χ3v) is 1.85. The Labute approximate surface area is 84.4 Å². The van der Waals surface area contributed by atoms with E-state index in [4.69, 9.17) is 0 Å². The molecule has 0 unspecified atom stereocenters. The predicted octanol–water partition coefficient (Wildman–Crippen LogP) is 2.38. The molecule has 0 aliphatic heterocycles. The molecule has 1 aromatic heterocycles. The van der Waals surface area contributed by atoms with E-state index in [1.165, 1.54) is 0 Å². The van der Waals surface area contributed by atoms with Crippen LogP contribution in [-0.4, -0.2) is 10.8 Å². The van der Waals surface area contributed by atoms with E-state index >= 15 is 0 Å². The Hall–Kier alpha value is -1.62. The molecule has 0 N–H and O–H groups in total. The molecule has 14 heavy (non-hydrogen) atoms. The van der Waals surface area contributed by atoms with E-state index in [1.54, 1.807) is 19.3 Å². The number of rotatable bonds is 3. The summed E-state index contributed by atoms with van der Waals surface area (Å²) in [6.07, 6.45) is 4.45. The lowest BCUT2D eigenvalue weighted by Crippen LogP contribution is -1.99. The number of pyridine rings is 1. The molecule has 1 heterocycles. The number of carbonyl (C=O) groups is 1. The first kappa shape index (κ1) is 10.5. The normalized spacial score (nSPS) is 9.00. The summed E-state index contributed by atoms with van der Waals surface area (Å²) in [7, 11) is 0. The number of hydrogen-bond acceptors (Lipinski definition) is 2. The van der Waals surface area contributed by atoms with Crippen molar-refractivity contribution in [3.8, 4) is 11.8 Å². The van der Waals surface area contributed by atoms with Crippen LogP contribution in [0.25, 0.3) is 0 Å². The third-order valence-electron chi connectivity index (χ3n) is 1.85. The second-order valence-corrected chi connectivity index (χ2v) is 3.10. The summed E-state index contributed by atoms with van der Waals surface area (Å²) >= 11 is 0. The SMILES string of the molecule is CC#CCCC(=O)c1cncc(C)c1. The van der Waals surface area contributed by atoms with Crippen molar-refractivity contribution >= 4 is 5.78 Å². The third kappa shape index (κ3) is 3.02. The van der Waals surface area contributed by atoms with Crippen LogP contribution in [-0.2, 0) is 0 Å². The van der Waals surface area contributed by atoms with Crippen LogP contribution in [0, 0.1) is 18.8 Å². The number of carbonyl (C=O) groups excluding carboxylic acids is 1. The highest BCUT2D eigenvalue weighted by Gasteiger charge is 2.04. The minimum Gasteiger partial charge on any atom is -0.294 e. The maximum Gasteiger partial charge on any atom is 0.165 e. The Morgan fingerprint density at radius 2 is 2.29 bits per heavy atom. The van der Waals surface area contributed by atoms with Crippen LogP contribution in [0.15, 0.2) is 18.5 Å². The Kier molecular flexibility index (Phi) is 3.87. The molecule has 0 aliphatic rings. The molecular formula is C12H13NO. The average Bonchev–Trinajstić information content (AvgIpc) is 2.18. The summed E-state index contributed by atoms with van der Waals surface area (Å²) in [5.41, 5.74) is 1.69. The van der Waals surface area contributed by atoms with Gasteiger partial charge in [0, 0.05) is 30.8 Å². The second kappa shape index (κ2) is 5.18. The van der Waals surface area contributed by atoms with Crippen molar-refractivity contribution in [1.29, 1.82) is 0 Å². The molecule has 0 bridgehead atoms. The monoisotopic (exact) mass is 187 g/mol. The minimum absolute atomic E-state index is 0.115. The molecule has 0 radical (unpaired) electrons. The lowest BCUT2D eigenvalue weighted by molar-refractivity contribution is 0.0984. The molecule has 0 aliphatic carbocycles. The molecule has 0 saturated heterocycles. The Morgan fingerprint density at radius 3 is 2.93 bits per heavy atom. The van der Waals surface area contributed by atoms with Crippen molar-refractivity contribution < 1.29 is 4.79 Å². The van der Waals surface area contributed by atoms with Gasteiger partial charge >= 0.3 is 0 Å². The molecule has 72 valence electrons. The highest BCUT2D eigenvalue weighted by atomic mass is 16.1. The van der Waals surface area contributed by atoms with Gasteiger partial charge in [-0.3, -0.25) is 9.78 Å². The molecule has 2 nitrogen and oxygen atoms in total. The van der Waals surface area contributed by atoms with E-state index in [1.807, 2.05) is 13.0 Å². The van der Waals surface area contributed by atoms with Crippen LogP contribution in [0.1, 0.15) is 35.7 Å². The predicted molar refractivity (Wildman–Crippen MR) is 56.0 cm³/mol. The number of aromatic nitrogens is 1. The highest BCUT2D eigenvalue weighted by molar-refractivity contribution is 5.96. The number of nitrogens with zero attached hydrogens (tertiary/aromatic N) is 1. The Bertz CT molecular complexity index is 385. The van der Waals surface area contributed by atoms with E-state index in [-0.39, 0.29) is 5.78 Å². The first-order valence-corrected chi connectivity index (χ1v) is 4.58. The van der Waals surface area contributed by atoms with Gasteiger partial charge in [-0.15, -0.1) is 11.8 Å². The lowest BCUT2D eigenvalue weighted by atomic mass is 10.1. The molecule has 0 aromatic carbocycles. The average molecular weight is 187 g/mol. The molecule has 0 spiro atoms. The maximum atomic E-state index is 11.6. The molecule has 0 amide bonds. The topological polar surface area (TPSA) is 30.0 Å². The van der Waals surface area contributed by atoms with Crippen LogP contribution in [0.2, 0.25) is 0 Å². The van der Waals surface area contributed by atoms with Gasteiger partial charge < -0.3 is 0 Å². The van der Waals surface area contributed by atoms with Gasteiger partial charge in [0.15, 0.2) is 5.78 Å². The van der Waals surface area contributed by atoms with E-state index in [0.717, 1.165) is 5.56 Å². The molecule has 0 fully saturated rings. The van der Waals surface area contributed by atoms with E-state index in [9.17, 15) is 4.79 Å². The van der Waals surface area contributed by atoms with Gasteiger partial charge in [-0.25, -0.2) is 0 Å². The van der Waals surface area contributed by atoms with Crippen LogP contribution in [0.3, 0.4) is 0 Å². The fraction of sp³-hybridized carbons (Fsp3) is 0.333. The van der Waals surface area contributed by atoms with Gasteiger partial charge in [0.2, 0.25) is 0 Å². The van der Waals surface area contributed by atoms with Crippen LogP contribution in [0.4, 0.5) is 0 Å². The quantitative estimate of drug-likeness (QED) is 0.537. The molecule has 0 atom stereocenters. The van der Waals surface area contributed by atoms with E-state index in [0.29, 0.717) is 18.4 Å². The van der Waals surface area contributed by atoms with Crippen molar-refractivity contribution in [2.45, 2.75) is 26.7 Å². The van der Waals surface area contributed by atoms with Crippen LogP contribution < -0.4 is 0 Å². The largest absolute Gasteiger partial charge is 0.294 e. The molecule has 2 heteroatoms. The van der Waals surface area contributed by atoms with E-state index in [2.05, 4.69) is 16.8 Å². The van der Waals surface area contributed by atoms with Crippen molar-refractivity contribution in [2.24, 2.45) is 0 Å². The summed E-state index contributed by atoms with van der Waals surface area (Å²) in [6, 6.07) is 1.86. The number of hydrogen-bond donors (Lipinski definition) is 0. The van der Waals surface area contributed by atoms with Crippen LogP contribution in [0.5, 0.6) is 0 Å². The Balaban J connectivity index is 2.63. The first-order valence-electron chi connectivity index (χ1n) is 4.58. The van der Waals surface area contributed by atoms with Gasteiger partial charge in [-0.2, -0.15) is 0 Å². The number of ketones is 1.